The molecule has 5 nitrogen and oxygen atoms in total. The Kier molecular flexibility index (Phi) is 12.6. The quantitative estimate of drug-likeness (QED) is 0.284. The molecule has 0 radical (unpaired) electrons. The molecule has 0 amide bonds. The second kappa shape index (κ2) is 12.6. The summed E-state index contributed by atoms with van der Waals surface area (Å²) < 4.78 is 11.1. The van der Waals surface area contributed by atoms with E-state index in [0.29, 0.717) is 18.6 Å². The molecule has 0 aromatic heterocycles. The Morgan fingerprint density at radius 1 is 1.35 bits per heavy atom. The van der Waals surface area contributed by atoms with Gasteiger partial charge in [-0.3, -0.25) is 4.99 Å². The number of ether oxygens (including phenoxy) is 2. The molecule has 1 atom stereocenters. The van der Waals surface area contributed by atoms with Gasteiger partial charge in [-0.05, 0) is 25.2 Å². The van der Waals surface area contributed by atoms with Crippen molar-refractivity contribution < 1.29 is 9.47 Å². The molecule has 1 aliphatic heterocycles. The minimum Gasteiger partial charge on any atom is -0.380 e. The van der Waals surface area contributed by atoms with Crippen molar-refractivity contribution in [3.63, 3.8) is 0 Å². The van der Waals surface area contributed by atoms with Crippen molar-refractivity contribution in [1.82, 2.24) is 10.6 Å². The number of nitrogens with one attached hydrogen (secondary N) is 2. The molecule has 0 spiro atoms. The Balaban J connectivity index is 0.00000361. The van der Waals surface area contributed by atoms with Gasteiger partial charge in [-0.15, -0.1) is 24.0 Å². The van der Waals surface area contributed by atoms with Crippen LogP contribution in [0.3, 0.4) is 0 Å². The van der Waals surface area contributed by atoms with E-state index in [4.69, 9.17) is 9.47 Å². The topological polar surface area (TPSA) is 54.9 Å². The number of hydrogen-bond acceptors (Lipinski definition) is 3. The minimum absolute atomic E-state index is 0. The number of guanidine groups is 1. The summed E-state index contributed by atoms with van der Waals surface area (Å²) in [4.78, 5) is 4.18. The van der Waals surface area contributed by atoms with Crippen LogP contribution in [0.15, 0.2) is 4.99 Å². The first-order valence-electron chi connectivity index (χ1n) is 7.36. The van der Waals surface area contributed by atoms with E-state index in [1.54, 1.807) is 7.05 Å². The Hall–Kier alpha value is -0.0800. The van der Waals surface area contributed by atoms with E-state index in [0.717, 1.165) is 45.1 Å². The molecule has 1 heterocycles. The highest BCUT2D eigenvalue weighted by atomic mass is 127. The van der Waals surface area contributed by atoms with Gasteiger partial charge in [0.15, 0.2) is 5.96 Å². The average molecular weight is 399 g/mol. The van der Waals surface area contributed by atoms with E-state index in [1.165, 1.54) is 6.42 Å². The molecule has 2 N–H and O–H groups in total. The van der Waals surface area contributed by atoms with Crippen molar-refractivity contribution in [2.24, 2.45) is 10.9 Å². The maximum atomic E-state index is 5.56. The third-order valence-electron chi connectivity index (χ3n) is 3.12. The Morgan fingerprint density at radius 2 is 2.15 bits per heavy atom. The lowest BCUT2D eigenvalue weighted by atomic mass is 10.1. The van der Waals surface area contributed by atoms with Crippen LogP contribution in [0, 0.1) is 5.92 Å². The van der Waals surface area contributed by atoms with Gasteiger partial charge < -0.3 is 20.1 Å². The summed E-state index contributed by atoms with van der Waals surface area (Å²) in [6, 6.07) is 0. The van der Waals surface area contributed by atoms with Crippen LogP contribution in [-0.4, -0.2) is 52.0 Å². The zero-order chi connectivity index (χ0) is 13.9. The first-order chi connectivity index (χ1) is 9.22. The molecule has 1 fully saturated rings. The summed E-state index contributed by atoms with van der Waals surface area (Å²) in [7, 11) is 1.78. The molecule has 0 aliphatic carbocycles. The van der Waals surface area contributed by atoms with Crippen LogP contribution in [0.25, 0.3) is 0 Å². The van der Waals surface area contributed by atoms with Crippen LogP contribution in [0.4, 0.5) is 0 Å². The van der Waals surface area contributed by atoms with Gasteiger partial charge in [0.05, 0.1) is 12.7 Å². The van der Waals surface area contributed by atoms with Gasteiger partial charge in [0.1, 0.15) is 0 Å². The molecule has 120 valence electrons. The maximum Gasteiger partial charge on any atom is 0.191 e. The van der Waals surface area contributed by atoms with Crippen molar-refractivity contribution >= 4 is 29.9 Å². The number of aliphatic imine (C=N–C) groups is 1. The van der Waals surface area contributed by atoms with Crippen LogP contribution in [0.2, 0.25) is 0 Å². The zero-order valence-electron chi connectivity index (χ0n) is 13.0. The summed E-state index contributed by atoms with van der Waals surface area (Å²) in [5, 5.41) is 6.52. The van der Waals surface area contributed by atoms with E-state index < -0.39 is 0 Å². The lowest BCUT2D eigenvalue weighted by molar-refractivity contribution is 0.113. The fourth-order valence-electron chi connectivity index (χ4n) is 1.90. The van der Waals surface area contributed by atoms with E-state index in [9.17, 15) is 0 Å². The Morgan fingerprint density at radius 3 is 2.75 bits per heavy atom. The zero-order valence-corrected chi connectivity index (χ0v) is 15.3. The normalized spacial score (nSPS) is 19.0. The third kappa shape index (κ3) is 9.77. The standard InChI is InChI=1S/C14H29N3O2.HI/c1-12(2)6-9-18-10-7-16-14(15-3)17-11-13-5-4-8-19-13;/h12-13H,4-11H2,1-3H3,(H2,15,16,17);1H. The lowest BCUT2D eigenvalue weighted by Crippen LogP contribution is -2.42. The molecule has 0 saturated carbocycles. The summed E-state index contributed by atoms with van der Waals surface area (Å²) in [5.74, 6) is 1.52. The largest absolute Gasteiger partial charge is 0.380 e. The Bertz CT molecular complexity index is 257. The first kappa shape index (κ1) is 19.9. The number of hydrogen-bond donors (Lipinski definition) is 2. The summed E-state index contributed by atoms with van der Waals surface area (Å²) >= 11 is 0. The van der Waals surface area contributed by atoms with E-state index in [2.05, 4.69) is 29.5 Å². The molecule has 1 unspecified atom stereocenters. The molecular formula is C14H30IN3O2. The molecule has 1 aliphatic rings. The summed E-state index contributed by atoms with van der Waals surface area (Å²) in [6.45, 7) is 8.46. The molecule has 1 saturated heterocycles. The van der Waals surface area contributed by atoms with Gasteiger partial charge >= 0.3 is 0 Å². The van der Waals surface area contributed by atoms with Crippen LogP contribution in [0.5, 0.6) is 0 Å². The van der Waals surface area contributed by atoms with E-state index in [1.807, 2.05) is 0 Å². The highest BCUT2D eigenvalue weighted by molar-refractivity contribution is 14.0. The lowest BCUT2D eigenvalue weighted by Gasteiger charge is -2.15. The van der Waals surface area contributed by atoms with Crippen LogP contribution >= 0.6 is 24.0 Å². The smallest absolute Gasteiger partial charge is 0.191 e. The third-order valence-corrected chi connectivity index (χ3v) is 3.12. The van der Waals surface area contributed by atoms with Crippen molar-refractivity contribution in [3.8, 4) is 0 Å². The highest BCUT2D eigenvalue weighted by Crippen LogP contribution is 2.10. The predicted octanol–water partition coefficient (Wildman–Crippen LogP) is 2.01. The number of nitrogens with zero attached hydrogens (tertiary/aromatic N) is 1. The first-order valence-corrected chi connectivity index (χ1v) is 7.36. The molecular weight excluding hydrogens is 369 g/mol. The van der Waals surface area contributed by atoms with Crippen molar-refractivity contribution in [2.45, 2.75) is 39.2 Å². The fourth-order valence-corrected chi connectivity index (χ4v) is 1.90. The molecule has 0 aromatic rings. The van der Waals surface area contributed by atoms with Crippen LogP contribution in [-0.2, 0) is 9.47 Å². The molecule has 1 rings (SSSR count). The van der Waals surface area contributed by atoms with Gasteiger partial charge in [-0.1, -0.05) is 13.8 Å². The van der Waals surface area contributed by atoms with Crippen molar-refractivity contribution in [2.75, 3.05) is 40.0 Å². The molecule has 6 heteroatoms. The monoisotopic (exact) mass is 399 g/mol. The summed E-state index contributed by atoms with van der Waals surface area (Å²) in [6.07, 6.45) is 3.76. The SMILES string of the molecule is CN=C(NCCOCCC(C)C)NCC1CCCO1.I. The molecule has 0 bridgehead atoms. The van der Waals surface area contributed by atoms with Crippen molar-refractivity contribution in [3.05, 3.63) is 0 Å². The Labute approximate surface area is 140 Å². The molecule has 0 aromatic carbocycles. The van der Waals surface area contributed by atoms with Gasteiger partial charge in [0.25, 0.3) is 0 Å². The van der Waals surface area contributed by atoms with Gasteiger partial charge in [0.2, 0.25) is 0 Å². The van der Waals surface area contributed by atoms with Gasteiger partial charge in [-0.25, -0.2) is 0 Å². The van der Waals surface area contributed by atoms with E-state index >= 15 is 0 Å². The predicted molar refractivity (Wildman–Crippen MR) is 94.0 cm³/mol. The second-order valence-electron chi connectivity index (χ2n) is 5.31. The van der Waals surface area contributed by atoms with Crippen molar-refractivity contribution in [1.29, 1.82) is 0 Å². The average Bonchev–Trinajstić information content (AvgIpc) is 2.90. The van der Waals surface area contributed by atoms with Crippen LogP contribution < -0.4 is 10.6 Å². The fraction of sp³-hybridized carbons (Fsp3) is 0.929. The number of rotatable bonds is 8. The minimum atomic E-state index is 0. The summed E-state index contributed by atoms with van der Waals surface area (Å²) in [5.41, 5.74) is 0. The van der Waals surface area contributed by atoms with Crippen LogP contribution in [0.1, 0.15) is 33.1 Å². The van der Waals surface area contributed by atoms with E-state index in [-0.39, 0.29) is 24.0 Å². The second-order valence-corrected chi connectivity index (χ2v) is 5.31. The van der Waals surface area contributed by atoms with Gasteiger partial charge in [-0.2, -0.15) is 0 Å². The molecule has 20 heavy (non-hydrogen) atoms. The highest BCUT2D eigenvalue weighted by Gasteiger charge is 2.15. The maximum absolute atomic E-state index is 5.56. The number of halogens is 1. The van der Waals surface area contributed by atoms with Gasteiger partial charge in [0, 0.05) is 33.4 Å².